The minimum atomic E-state index is -3.01. The Balaban J connectivity index is 1.72. The highest BCUT2D eigenvalue weighted by Gasteiger charge is 2.36. The van der Waals surface area contributed by atoms with Gasteiger partial charge in [-0.2, -0.15) is 8.78 Å². The lowest BCUT2D eigenvalue weighted by atomic mass is 10.2. The molecule has 2 aromatic rings. The van der Waals surface area contributed by atoms with Gasteiger partial charge in [0.25, 0.3) is 11.1 Å². The van der Waals surface area contributed by atoms with Crippen molar-refractivity contribution in [1.82, 2.24) is 4.90 Å². The van der Waals surface area contributed by atoms with Crippen molar-refractivity contribution in [2.45, 2.75) is 13.5 Å². The van der Waals surface area contributed by atoms with E-state index in [1.807, 2.05) is 12.1 Å². The van der Waals surface area contributed by atoms with Crippen LogP contribution in [0.3, 0.4) is 0 Å². The van der Waals surface area contributed by atoms with E-state index in [9.17, 15) is 23.2 Å². The van der Waals surface area contributed by atoms with Crippen molar-refractivity contribution in [2.24, 2.45) is 0 Å². The van der Waals surface area contributed by atoms with Crippen LogP contribution >= 0.6 is 34.4 Å². The molecule has 32 heavy (non-hydrogen) atoms. The van der Waals surface area contributed by atoms with Crippen molar-refractivity contribution in [2.75, 3.05) is 18.5 Å². The Hall–Kier alpha value is -2.67. The van der Waals surface area contributed by atoms with Gasteiger partial charge in [0, 0.05) is 9.26 Å². The number of halogens is 3. The summed E-state index contributed by atoms with van der Waals surface area (Å²) in [6.07, 6.45) is 1.43. The molecular weight excluding hydrogens is 557 g/mol. The molecule has 1 saturated heterocycles. The second kappa shape index (κ2) is 10.8. The molecule has 1 aliphatic heterocycles. The molecule has 1 heterocycles. The zero-order valence-corrected chi connectivity index (χ0v) is 19.6. The Morgan fingerprint density at radius 3 is 2.56 bits per heavy atom. The molecule has 3 rings (SSSR count). The third-order valence-corrected chi connectivity index (χ3v) is 5.71. The van der Waals surface area contributed by atoms with E-state index in [-0.39, 0.29) is 23.0 Å². The van der Waals surface area contributed by atoms with Gasteiger partial charge in [-0.05, 0) is 89.3 Å². The van der Waals surface area contributed by atoms with Crippen molar-refractivity contribution in [3.8, 4) is 11.5 Å². The number of nitrogens with zero attached hydrogens (tertiary/aromatic N) is 1. The SMILES string of the molecule is CCOc1cc(/C=C2\SC(=O)N(CC(=O)Nc3ccc(I)cc3)C2=O)ccc1OC(F)F. The van der Waals surface area contributed by atoms with Gasteiger partial charge >= 0.3 is 6.61 Å². The third-order valence-electron chi connectivity index (χ3n) is 4.08. The van der Waals surface area contributed by atoms with E-state index >= 15 is 0 Å². The fourth-order valence-electron chi connectivity index (χ4n) is 2.74. The largest absolute Gasteiger partial charge is 0.490 e. The number of carbonyl (C=O) groups is 3. The number of hydrogen-bond donors (Lipinski definition) is 1. The highest BCUT2D eigenvalue weighted by Crippen LogP contribution is 2.35. The number of benzene rings is 2. The van der Waals surface area contributed by atoms with E-state index in [4.69, 9.17) is 4.74 Å². The molecule has 0 spiro atoms. The second-order valence-electron chi connectivity index (χ2n) is 6.34. The first-order valence-corrected chi connectivity index (χ1v) is 11.2. The molecule has 0 atom stereocenters. The summed E-state index contributed by atoms with van der Waals surface area (Å²) >= 11 is 2.82. The summed E-state index contributed by atoms with van der Waals surface area (Å²) < 4.78 is 35.8. The van der Waals surface area contributed by atoms with E-state index in [2.05, 4.69) is 32.6 Å². The first-order chi connectivity index (χ1) is 15.3. The van der Waals surface area contributed by atoms with Gasteiger partial charge < -0.3 is 14.8 Å². The topological polar surface area (TPSA) is 84.9 Å². The van der Waals surface area contributed by atoms with Gasteiger partial charge in [-0.1, -0.05) is 6.07 Å². The number of hydrogen-bond acceptors (Lipinski definition) is 6. The molecule has 11 heteroatoms. The van der Waals surface area contributed by atoms with Crippen LogP contribution in [0, 0.1) is 3.57 Å². The Labute approximate surface area is 200 Å². The Morgan fingerprint density at radius 2 is 1.91 bits per heavy atom. The van der Waals surface area contributed by atoms with Gasteiger partial charge in [-0.25, -0.2) is 0 Å². The van der Waals surface area contributed by atoms with Gasteiger partial charge in [0.2, 0.25) is 5.91 Å². The van der Waals surface area contributed by atoms with Crippen molar-refractivity contribution in [3.63, 3.8) is 0 Å². The first kappa shape index (κ1) is 24.0. The molecule has 0 aromatic heterocycles. The highest BCUT2D eigenvalue weighted by molar-refractivity contribution is 14.1. The van der Waals surface area contributed by atoms with Gasteiger partial charge in [-0.3, -0.25) is 19.3 Å². The van der Waals surface area contributed by atoms with E-state index in [0.717, 1.165) is 8.47 Å². The number of imide groups is 1. The van der Waals surface area contributed by atoms with Crippen molar-refractivity contribution in [1.29, 1.82) is 0 Å². The Bertz CT molecular complexity index is 1060. The summed E-state index contributed by atoms with van der Waals surface area (Å²) in [4.78, 5) is 38.2. The molecular formula is C21H17F2IN2O5S. The number of rotatable bonds is 8. The average molecular weight is 574 g/mol. The van der Waals surface area contributed by atoms with Crippen LogP contribution in [0.2, 0.25) is 0 Å². The number of carbonyl (C=O) groups excluding carboxylic acids is 3. The molecule has 0 radical (unpaired) electrons. The van der Waals surface area contributed by atoms with E-state index < -0.39 is 30.2 Å². The average Bonchev–Trinajstić information content (AvgIpc) is 2.99. The summed E-state index contributed by atoms with van der Waals surface area (Å²) in [7, 11) is 0. The van der Waals surface area contributed by atoms with E-state index in [0.29, 0.717) is 23.0 Å². The summed E-state index contributed by atoms with van der Waals surface area (Å²) in [6, 6.07) is 11.2. The molecule has 0 unspecified atom stereocenters. The van der Waals surface area contributed by atoms with Crippen LogP contribution in [0.15, 0.2) is 47.4 Å². The quantitative estimate of drug-likeness (QED) is 0.355. The summed E-state index contributed by atoms with van der Waals surface area (Å²) in [6.45, 7) is -1.54. The zero-order chi connectivity index (χ0) is 23.3. The highest BCUT2D eigenvalue weighted by atomic mass is 127. The van der Waals surface area contributed by atoms with E-state index in [1.165, 1.54) is 24.3 Å². The smallest absolute Gasteiger partial charge is 0.387 e. The predicted molar refractivity (Wildman–Crippen MR) is 125 cm³/mol. The molecule has 7 nitrogen and oxygen atoms in total. The number of anilines is 1. The molecule has 3 amide bonds. The number of ether oxygens (including phenoxy) is 2. The number of thioether (sulfide) groups is 1. The van der Waals surface area contributed by atoms with Crippen LogP contribution in [-0.2, 0) is 9.59 Å². The fourth-order valence-corrected chi connectivity index (χ4v) is 3.94. The molecule has 0 saturated carbocycles. The fraction of sp³-hybridized carbons (Fsp3) is 0.190. The predicted octanol–water partition coefficient (Wildman–Crippen LogP) is 4.97. The van der Waals surface area contributed by atoms with Crippen molar-refractivity contribution in [3.05, 3.63) is 56.5 Å². The zero-order valence-electron chi connectivity index (χ0n) is 16.6. The molecule has 0 aliphatic carbocycles. The van der Waals surface area contributed by atoms with Crippen LogP contribution in [-0.4, -0.2) is 41.7 Å². The summed E-state index contributed by atoms with van der Waals surface area (Å²) in [5.74, 6) is -1.19. The molecule has 0 bridgehead atoms. The maximum absolute atomic E-state index is 12.7. The number of nitrogens with one attached hydrogen (secondary N) is 1. The van der Waals surface area contributed by atoms with Crippen LogP contribution in [0.1, 0.15) is 12.5 Å². The van der Waals surface area contributed by atoms with Crippen LogP contribution in [0.25, 0.3) is 6.08 Å². The summed E-state index contributed by atoms with van der Waals surface area (Å²) in [5.41, 5.74) is 0.997. The van der Waals surface area contributed by atoms with Gasteiger partial charge in [-0.15, -0.1) is 0 Å². The first-order valence-electron chi connectivity index (χ1n) is 9.29. The molecule has 2 aromatic carbocycles. The Morgan fingerprint density at radius 1 is 1.19 bits per heavy atom. The number of alkyl halides is 2. The summed E-state index contributed by atoms with van der Waals surface area (Å²) in [5, 5.41) is 2.05. The minimum Gasteiger partial charge on any atom is -0.490 e. The third kappa shape index (κ3) is 6.19. The van der Waals surface area contributed by atoms with Crippen LogP contribution < -0.4 is 14.8 Å². The van der Waals surface area contributed by atoms with Crippen LogP contribution in [0.4, 0.5) is 19.3 Å². The minimum absolute atomic E-state index is 0.0812. The lowest BCUT2D eigenvalue weighted by Crippen LogP contribution is -2.36. The standard InChI is InChI=1S/C21H17F2IN2O5S/c1-2-30-16-9-12(3-8-15(16)31-20(22)23)10-17-19(28)26(21(29)32-17)11-18(27)25-14-6-4-13(24)5-7-14/h3-10,20H,2,11H2,1H3,(H,25,27)/b17-10-. The molecule has 1 aliphatic rings. The molecule has 1 fully saturated rings. The van der Waals surface area contributed by atoms with Gasteiger partial charge in [0.05, 0.1) is 11.5 Å². The van der Waals surface area contributed by atoms with Crippen LogP contribution in [0.5, 0.6) is 11.5 Å². The van der Waals surface area contributed by atoms with Gasteiger partial charge in [0.1, 0.15) is 6.54 Å². The van der Waals surface area contributed by atoms with Gasteiger partial charge in [0.15, 0.2) is 11.5 Å². The van der Waals surface area contributed by atoms with Crippen molar-refractivity contribution >= 4 is 63.2 Å². The lowest BCUT2D eigenvalue weighted by molar-refractivity contribution is -0.127. The van der Waals surface area contributed by atoms with Crippen molar-refractivity contribution < 1.29 is 32.6 Å². The second-order valence-corrected chi connectivity index (χ2v) is 8.58. The number of amides is 3. The molecule has 1 N–H and O–H groups in total. The Kier molecular flexibility index (Phi) is 8.07. The maximum atomic E-state index is 12.7. The maximum Gasteiger partial charge on any atom is 0.387 e. The molecule has 168 valence electrons. The monoisotopic (exact) mass is 574 g/mol. The van der Waals surface area contributed by atoms with E-state index in [1.54, 1.807) is 19.1 Å². The normalized spacial score (nSPS) is 14.9. The lowest BCUT2D eigenvalue weighted by Gasteiger charge is -2.13.